The fourth-order valence-corrected chi connectivity index (χ4v) is 2.76. The van der Waals surface area contributed by atoms with Crippen molar-refractivity contribution in [2.45, 2.75) is 30.4 Å². The Hall–Kier alpha value is 0.297. The maximum absolute atomic E-state index is 11.3. The molecule has 0 aliphatic heterocycles. The minimum Gasteiger partial charge on any atom is -0.349 e. The lowest BCUT2D eigenvalue weighted by molar-refractivity contribution is -0.120. The van der Waals surface area contributed by atoms with Crippen LogP contribution in [0.4, 0.5) is 0 Å². The number of amides is 1. The van der Waals surface area contributed by atoms with Gasteiger partial charge in [0.15, 0.2) is 0 Å². The molecule has 88 valence electrons. The highest BCUT2D eigenvalue weighted by Gasteiger charge is 2.31. The number of allylic oxidation sites excluding steroid dienone is 1. The smallest absolute Gasteiger partial charge is 0.272 e. The van der Waals surface area contributed by atoms with Gasteiger partial charge in [0.25, 0.3) is 9.70 Å². The predicted octanol–water partition coefficient (Wildman–Crippen LogP) is 3.30. The summed E-state index contributed by atoms with van der Waals surface area (Å²) in [4.78, 5) is 11.3. The summed E-state index contributed by atoms with van der Waals surface area (Å²) in [6.45, 7) is 9.01. The number of hydrogen-bond acceptors (Lipinski definition) is 1. The summed E-state index contributed by atoms with van der Waals surface area (Å²) in [7, 11) is -1.40. The Balaban J connectivity index is 4.35. The Labute approximate surface area is 107 Å². The van der Waals surface area contributed by atoms with E-state index in [2.05, 4.69) is 25.0 Å². The van der Waals surface area contributed by atoms with Gasteiger partial charge in [0.2, 0.25) is 0 Å². The second-order valence-corrected chi connectivity index (χ2v) is 11.7. The lowest BCUT2D eigenvalue weighted by Gasteiger charge is -2.22. The van der Waals surface area contributed by atoms with Crippen molar-refractivity contribution < 1.29 is 4.79 Å². The molecule has 0 radical (unpaired) electrons. The first-order valence-corrected chi connectivity index (χ1v) is 9.23. The number of carbonyl (C=O) groups excluding carboxylic acids is 1. The monoisotopic (exact) mass is 287 g/mol. The molecule has 0 rings (SSSR count). The molecule has 0 unspecified atom stereocenters. The highest BCUT2D eigenvalue weighted by molar-refractivity contribution is 6.83. The van der Waals surface area contributed by atoms with Gasteiger partial charge < -0.3 is 5.32 Å². The lowest BCUT2D eigenvalue weighted by atomic mass is 10.5. The second-order valence-electron chi connectivity index (χ2n) is 4.24. The van der Waals surface area contributed by atoms with Gasteiger partial charge in [0.1, 0.15) is 0 Å². The van der Waals surface area contributed by atoms with Gasteiger partial charge in [-0.2, -0.15) is 0 Å². The summed E-state index contributed by atoms with van der Waals surface area (Å²) in [6, 6.07) is 0. The first-order valence-electron chi connectivity index (χ1n) is 4.59. The van der Waals surface area contributed by atoms with Gasteiger partial charge in [-0.05, 0) is 6.92 Å². The Morgan fingerprint density at radius 1 is 1.33 bits per heavy atom. The maximum atomic E-state index is 11.3. The van der Waals surface area contributed by atoms with Crippen molar-refractivity contribution in [2.75, 3.05) is 6.54 Å². The summed E-state index contributed by atoms with van der Waals surface area (Å²) in [5.74, 6) is -0.579. The number of alkyl halides is 3. The topological polar surface area (TPSA) is 29.1 Å². The number of hydrogen-bond donors (Lipinski definition) is 1. The molecule has 1 N–H and O–H groups in total. The third-order valence-electron chi connectivity index (χ3n) is 2.01. The lowest BCUT2D eigenvalue weighted by Crippen LogP contribution is -2.39. The van der Waals surface area contributed by atoms with E-state index in [-0.39, 0.29) is 0 Å². The molecule has 0 atom stereocenters. The molecule has 0 aromatic carbocycles. The minimum absolute atomic E-state index is 0.457. The average Bonchev–Trinajstić information content (AvgIpc) is 2.00. The molecule has 0 saturated heterocycles. The standard InChI is InChI=1S/C9H16Cl3NOSi/c1-5-7(15(2,3)4)6-13-8(14)9(10,11)12/h5H,6H2,1-4H3,(H,13,14)/b7-5-. The number of rotatable bonds is 3. The van der Waals surface area contributed by atoms with Crippen molar-refractivity contribution in [1.82, 2.24) is 5.32 Å². The van der Waals surface area contributed by atoms with Crippen molar-refractivity contribution in [3.63, 3.8) is 0 Å². The molecule has 15 heavy (non-hydrogen) atoms. The van der Waals surface area contributed by atoms with Crippen LogP contribution in [0.5, 0.6) is 0 Å². The Morgan fingerprint density at radius 3 is 2.07 bits per heavy atom. The van der Waals surface area contributed by atoms with E-state index in [1.165, 1.54) is 5.20 Å². The van der Waals surface area contributed by atoms with Crippen LogP contribution in [-0.2, 0) is 4.79 Å². The molecule has 0 spiro atoms. The summed E-state index contributed by atoms with van der Waals surface area (Å²) in [5, 5.41) is 3.84. The van der Waals surface area contributed by atoms with E-state index in [0.29, 0.717) is 6.54 Å². The summed E-state index contributed by atoms with van der Waals surface area (Å²) >= 11 is 16.3. The first kappa shape index (κ1) is 15.3. The van der Waals surface area contributed by atoms with E-state index in [9.17, 15) is 4.79 Å². The van der Waals surface area contributed by atoms with E-state index in [4.69, 9.17) is 34.8 Å². The zero-order valence-corrected chi connectivity index (χ0v) is 12.6. The molecule has 0 fully saturated rings. The third kappa shape index (κ3) is 5.81. The Bertz CT molecular complexity index is 266. The fourth-order valence-electron chi connectivity index (χ4n) is 1.08. The van der Waals surface area contributed by atoms with E-state index in [0.717, 1.165) is 0 Å². The van der Waals surface area contributed by atoms with Crippen LogP contribution in [0.3, 0.4) is 0 Å². The van der Waals surface area contributed by atoms with Crippen molar-refractivity contribution in [1.29, 1.82) is 0 Å². The van der Waals surface area contributed by atoms with Crippen LogP contribution < -0.4 is 5.32 Å². The van der Waals surface area contributed by atoms with Crippen LogP contribution in [0.15, 0.2) is 11.3 Å². The van der Waals surface area contributed by atoms with Gasteiger partial charge in [0, 0.05) is 6.54 Å². The average molecular weight is 289 g/mol. The molecule has 0 aliphatic rings. The predicted molar refractivity (Wildman–Crippen MR) is 70.4 cm³/mol. The zero-order valence-electron chi connectivity index (χ0n) is 9.33. The van der Waals surface area contributed by atoms with Crippen LogP contribution in [0, 0.1) is 0 Å². The van der Waals surface area contributed by atoms with Crippen LogP contribution >= 0.6 is 34.8 Å². The molecule has 0 aromatic rings. The molecule has 0 saturated carbocycles. The van der Waals surface area contributed by atoms with Gasteiger partial charge in [-0.1, -0.05) is 65.7 Å². The van der Waals surface area contributed by atoms with Crippen LogP contribution in [0.2, 0.25) is 19.6 Å². The highest BCUT2D eigenvalue weighted by Crippen LogP contribution is 2.26. The number of nitrogens with one attached hydrogen (secondary N) is 1. The largest absolute Gasteiger partial charge is 0.349 e. The van der Waals surface area contributed by atoms with Gasteiger partial charge in [0.05, 0.1) is 8.07 Å². The van der Waals surface area contributed by atoms with Crippen molar-refractivity contribution >= 4 is 48.8 Å². The van der Waals surface area contributed by atoms with Crippen molar-refractivity contribution in [3.05, 3.63) is 11.3 Å². The molecular weight excluding hydrogens is 273 g/mol. The molecule has 0 aliphatic carbocycles. The molecule has 1 amide bonds. The molecule has 0 bridgehead atoms. The maximum Gasteiger partial charge on any atom is 0.272 e. The molecule has 0 heterocycles. The number of halogens is 3. The highest BCUT2D eigenvalue weighted by atomic mass is 35.6. The van der Waals surface area contributed by atoms with Gasteiger partial charge in [-0.25, -0.2) is 0 Å². The quantitative estimate of drug-likeness (QED) is 0.626. The third-order valence-corrected chi connectivity index (χ3v) is 4.92. The summed E-state index contributed by atoms with van der Waals surface area (Å²) in [5.41, 5.74) is 0. The van der Waals surface area contributed by atoms with Crippen molar-refractivity contribution in [3.8, 4) is 0 Å². The minimum atomic E-state index is -1.88. The molecule has 6 heteroatoms. The molecular formula is C9H16Cl3NOSi. The van der Waals surface area contributed by atoms with Crippen LogP contribution in [0.25, 0.3) is 0 Å². The Kier molecular flexibility index (Phi) is 5.68. The van der Waals surface area contributed by atoms with Gasteiger partial charge in [-0.3, -0.25) is 4.79 Å². The SMILES string of the molecule is C/C=C(/CNC(=O)C(Cl)(Cl)Cl)[Si](C)(C)C. The van der Waals surface area contributed by atoms with E-state index in [1.807, 2.05) is 13.0 Å². The number of carbonyl (C=O) groups is 1. The fraction of sp³-hybridized carbons (Fsp3) is 0.667. The van der Waals surface area contributed by atoms with Crippen LogP contribution in [-0.4, -0.2) is 24.3 Å². The van der Waals surface area contributed by atoms with E-state index < -0.39 is 17.8 Å². The Morgan fingerprint density at radius 2 is 1.80 bits per heavy atom. The van der Waals surface area contributed by atoms with Crippen molar-refractivity contribution in [2.24, 2.45) is 0 Å². The van der Waals surface area contributed by atoms with E-state index >= 15 is 0 Å². The zero-order chi connectivity index (χ0) is 12.3. The summed E-state index contributed by atoms with van der Waals surface area (Å²) < 4.78 is -1.88. The second kappa shape index (κ2) is 5.57. The van der Waals surface area contributed by atoms with E-state index in [1.54, 1.807) is 0 Å². The van der Waals surface area contributed by atoms with Gasteiger partial charge >= 0.3 is 0 Å². The molecule has 0 aromatic heterocycles. The van der Waals surface area contributed by atoms with Gasteiger partial charge in [-0.15, -0.1) is 0 Å². The first-order chi connectivity index (χ1) is 6.59. The molecule has 2 nitrogen and oxygen atoms in total. The normalized spacial score (nSPS) is 13.9. The summed E-state index contributed by atoms with van der Waals surface area (Å²) in [6.07, 6.45) is 2.02. The van der Waals surface area contributed by atoms with Crippen LogP contribution in [0.1, 0.15) is 6.92 Å².